The van der Waals surface area contributed by atoms with E-state index in [0.717, 1.165) is 25.3 Å². The Hall–Kier alpha value is -0.930. The Morgan fingerprint density at radius 3 is 2.92 bits per heavy atom. The van der Waals surface area contributed by atoms with Crippen LogP contribution in [0.25, 0.3) is 0 Å². The number of nitrogens with zero attached hydrogens (tertiary/aromatic N) is 2. The van der Waals surface area contributed by atoms with Gasteiger partial charge in [-0.2, -0.15) is 0 Å². The molecule has 64 valence electrons. The van der Waals surface area contributed by atoms with Crippen LogP contribution >= 0.6 is 0 Å². The maximum Gasteiger partial charge on any atom is 0.109 e. The summed E-state index contributed by atoms with van der Waals surface area (Å²) in [5, 5.41) is 9.63. The van der Waals surface area contributed by atoms with E-state index in [9.17, 15) is 5.11 Å². The van der Waals surface area contributed by atoms with Crippen LogP contribution in [0.3, 0.4) is 0 Å². The molecule has 1 unspecified atom stereocenters. The highest BCUT2D eigenvalue weighted by molar-refractivity contribution is 5.07. The van der Waals surface area contributed by atoms with Crippen molar-refractivity contribution in [3.05, 3.63) is 30.1 Å². The quantitative estimate of drug-likeness (QED) is 0.658. The monoisotopic (exact) mass is 164 g/mol. The maximum absolute atomic E-state index is 9.63. The fraction of sp³-hybridized carbons (Fsp3) is 0.444. The van der Waals surface area contributed by atoms with Gasteiger partial charge in [-0.25, -0.2) is 0 Å². The fourth-order valence-electron chi connectivity index (χ4n) is 1.16. The van der Waals surface area contributed by atoms with Crippen molar-refractivity contribution in [3.63, 3.8) is 0 Å². The van der Waals surface area contributed by atoms with Crippen LogP contribution in [0.4, 0.5) is 0 Å². The standard InChI is InChI=1S/C9H12N2O/c12-9(7-11-5-6-11)8-3-1-2-4-10-8/h1-4,9,12H,5-7H2. The molecule has 12 heavy (non-hydrogen) atoms. The summed E-state index contributed by atoms with van der Waals surface area (Å²) in [5.74, 6) is 0. The number of aliphatic hydroxyl groups excluding tert-OH is 1. The molecule has 2 heterocycles. The van der Waals surface area contributed by atoms with E-state index in [-0.39, 0.29) is 0 Å². The van der Waals surface area contributed by atoms with Crippen LogP contribution < -0.4 is 0 Å². The Bertz CT molecular complexity index is 246. The second-order valence-corrected chi connectivity index (χ2v) is 3.07. The number of rotatable bonds is 3. The van der Waals surface area contributed by atoms with Crippen molar-refractivity contribution in [2.24, 2.45) is 0 Å². The summed E-state index contributed by atoms with van der Waals surface area (Å²) in [4.78, 5) is 6.26. The van der Waals surface area contributed by atoms with Gasteiger partial charge >= 0.3 is 0 Å². The number of hydrogen-bond donors (Lipinski definition) is 1. The first-order valence-electron chi connectivity index (χ1n) is 4.17. The third kappa shape index (κ3) is 1.81. The van der Waals surface area contributed by atoms with E-state index in [2.05, 4.69) is 9.88 Å². The first kappa shape index (κ1) is 7.71. The molecular formula is C9H12N2O. The third-order valence-corrected chi connectivity index (χ3v) is 2.00. The van der Waals surface area contributed by atoms with E-state index in [0.29, 0.717) is 0 Å². The number of hydrogen-bond acceptors (Lipinski definition) is 3. The second kappa shape index (κ2) is 3.21. The van der Waals surface area contributed by atoms with Gasteiger partial charge in [0.25, 0.3) is 0 Å². The van der Waals surface area contributed by atoms with Crippen LogP contribution in [0.5, 0.6) is 0 Å². The van der Waals surface area contributed by atoms with E-state index >= 15 is 0 Å². The average molecular weight is 164 g/mol. The summed E-state index contributed by atoms with van der Waals surface area (Å²) >= 11 is 0. The summed E-state index contributed by atoms with van der Waals surface area (Å²) in [6.07, 6.45) is 1.29. The summed E-state index contributed by atoms with van der Waals surface area (Å²) in [7, 11) is 0. The van der Waals surface area contributed by atoms with Crippen molar-refractivity contribution in [2.45, 2.75) is 6.10 Å². The van der Waals surface area contributed by atoms with Crippen LogP contribution in [-0.4, -0.2) is 34.6 Å². The van der Waals surface area contributed by atoms with Crippen LogP contribution in [0.15, 0.2) is 24.4 Å². The van der Waals surface area contributed by atoms with Crippen LogP contribution in [-0.2, 0) is 0 Å². The van der Waals surface area contributed by atoms with Crippen molar-refractivity contribution in [3.8, 4) is 0 Å². The average Bonchev–Trinajstić information content (AvgIpc) is 2.90. The molecule has 1 aliphatic heterocycles. The number of aromatic nitrogens is 1. The molecule has 0 saturated carbocycles. The highest BCUT2D eigenvalue weighted by atomic mass is 16.3. The minimum atomic E-state index is -0.423. The topological polar surface area (TPSA) is 36.1 Å². The number of aliphatic hydroxyl groups is 1. The van der Waals surface area contributed by atoms with Gasteiger partial charge in [0.1, 0.15) is 6.10 Å². The lowest BCUT2D eigenvalue weighted by atomic mass is 10.2. The molecule has 0 bridgehead atoms. The number of β-amino-alcohol motifs (C(OH)–C–C–N with tert-alkyl or cyclic N) is 1. The second-order valence-electron chi connectivity index (χ2n) is 3.07. The highest BCUT2D eigenvalue weighted by Gasteiger charge is 2.21. The SMILES string of the molecule is OC(CN1CC1)c1ccccn1. The Labute approximate surface area is 71.7 Å². The Balaban J connectivity index is 1.98. The van der Waals surface area contributed by atoms with Crippen molar-refractivity contribution in [1.29, 1.82) is 0 Å². The summed E-state index contributed by atoms with van der Waals surface area (Å²) in [5.41, 5.74) is 0.768. The van der Waals surface area contributed by atoms with Gasteiger partial charge in [0.2, 0.25) is 0 Å². The number of pyridine rings is 1. The molecule has 1 saturated heterocycles. The largest absolute Gasteiger partial charge is 0.385 e. The molecule has 0 radical (unpaired) electrons. The van der Waals surface area contributed by atoms with E-state index in [1.54, 1.807) is 6.20 Å². The van der Waals surface area contributed by atoms with E-state index < -0.39 is 6.10 Å². The molecule has 1 aliphatic rings. The van der Waals surface area contributed by atoms with Gasteiger partial charge in [-0.3, -0.25) is 9.88 Å². The lowest BCUT2D eigenvalue weighted by Gasteiger charge is -2.09. The lowest BCUT2D eigenvalue weighted by Crippen LogP contribution is -2.12. The van der Waals surface area contributed by atoms with Crippen LogP contribution in [0, 0.1) is 0 Å². The zero-order valence-corrected chi connectivity index (χ0v) is 6.85. The van der Waals surface area contributed by atoms with E-state index in [4.69, 9.17) is 0 Å². The van der Waals surface area contributed by atoms with Crippen molar-refractivity contribution in [2.75, 3.05) is 19.6 Å². The summed E-state index contributed by atoms with van der Waals surface area (Å²) in [6, 6.07) is 5.61. The molecule has 2 rings (SSSR count). The highest BCUT2D eigenvalue weighted by Crippen LogP contribution is 2.14. The van der Waals surface area contributed by atoms with Crippen LogP contribution in [0.2, 0.25) is 0 Å². The lowest BCUT2D eigenvalue weighted by molar-refractivity contribution is 0.152. The van der Waals surface area contributed by atoms with Gasteiger partial charge < -0.3 is 5.11 Å². The van der Waals surface area contributed by atoms with E-state index in [1.807, 2.05) is 18.2 Å². The summed E-state index contributed by atoms with van der Waals surface area (Å²) in [6.45, 7) is 2.95. The Kier molecular flexibility index (Phi) is 2.06. The molecule has 1 fully saturated rings. The first-order valence-corrected chi connectivity index (χ1v) is 4.17. The van der Waals surface area contributed by atoms with Gasteiger partial charge in [-0.15, -0.1) is 0 Å². The van der Waals surface area contributed by atoms with Gasteiger partial charge in [-0.1, -0.05) is 6.07 Å². The van der Waals surface area contributed by atoms with Gasteiger partial charge in [0.15, 0.2) is 0 Å². The van der Waals surface area contributed by atoms with Crippen molar-refractivity contribution in [1.82, 2.24) is 9.88 Å². The molecule has 3 nitrogen and oxygen atoms in total. The van der Waals surface area contributed by atoms with Gasteiger partial charge in [0.05, 0.1) is 5.69 Å². The van der Waals surface area contributed by atoms with E-state index in [1.165, 1.54) is 0 Å². The molecule has 1 atom stereocenters. The predicted molar refractivity (Wildman–Crippen MR) is 45.6 cm³/mol. The Morgan fingerprint density at radius 2 is 2.33 bits per heavy atom. The van der Waals surface area contributed by atoms with Crippen molar-refractivity contribution >= 4 is 0 Å². The molecule has 1 N–H and O–H groups in total. The molecule has 0 amide bonds. The maximum atomic E-state index is 9.63. The molecule has 0 aliphatic carbocycles. The van der Waals surface area contributed by atoms with Gasteiger partial charge in [0, 0.05) is 25.8 Å². The normalized spacial score (nSPS) is 19.1. The zero-order chi connectivity index (χ0) is 8.39. The molecule has 0 spiro atoms. The predicted octanol–water partition coefficient (Wildman–Crippen LogP) is 0.431. The molecular weight excluding hydrogens is 152 g/mol. The minimum Gasteiger partial charge on any atom is -0.385 e. The van der Waals surface area contributed by atoms with Gasteiger partial charge in [-0.05, 0) is 12.1 Å². The smallest absolute Gasteiger partial charge is 0.109 e. The van der Waals surface area contributed by atoms with Crippen molar-refractivity contribution < 1.29 is 5.11 Å². The minimum absolute atomic E-state index is 0.423. The molecule has 1 aromatic heterocycles. The molecule has 1 aromatic rings. The Morgan fingerprint density at radius 1 is 1.50 bits per heavy atom. The zero-order valence-electron chi connectivity index (χ0n) is 6.85. The fourth-order valence-corrected chi connectivity index (χ4v) is 1.16. The molecule has 0 aromatic carbocycles. The van der Waals surface area contributed by atoms with Crippen LogP contribution in [0.1, 0.15) is 11.8 Å². The first-order chi connectivity index (χ1) is 5.86. The third-order valence-electron chi connectivity index (χ3n) is 2.00. The molecule has 3 heteroatoms. The summed E-state index contributed by atoms with van der Waals surface area (Å²) < 4.78 is 0.